The topological polar surface area (TPSA) is 47.6 Å². The van der Waals surface area contributed by atoms with Gasteiger partial charge in [0.25, 0.3) is 5.91 Å². The lowest BCUT2D eigenvalue weighted by molar-refractivity contribution is 0.0951. The van der Waals surface area contributed by atoms with E-state index in [4.69, 9.17) is 21.1 Å². The van der Waals surface area contributed by atoms with Gasteiger partial charge < -0.3 is 14.8 Å². The van der Waals surface area contributed by atoms with E-state index in [2.05, 4.69) is 5.32 Å². The average molecular weight is 298 g/mol. The summed E-state index contributed by atoms with van der Waals surface area (Å²) in [7, 11) is 0. The minimum absolute atomic E-state index is 0.0701. The van der Waals surface area contributed by atoms with Gasteiger partial charge in [-0.3, -0.25) is 4.79 Å². The minimum atomic E-state index is -0.0701. The molecule has 0 bridgehead atoms. The molecular formula is C15H20ClNO3. The third-order valence-electron chi connectivity index (χ3n) is 3.15. The second kappa shape index (κ2) is 8.00. The van der Waals surface area contributed by atoms with Gasteiger partial charge >= 0.3 is 0 Å². The van der Waals surface area contributed by atoms with Gasteiger partial charge in [-0.25, -0.2) is 0 Å². The average Bonchev–Trinajstić information content (AvgIpc) is 2.50. The Kier molecular flexibility index (Phi) is 5.99. The van der Waals surface area contributed by atoms with Gasteiger partial charge in [0.05, 0.1) is 0 Å². The highest BCUT2D eigenvalue weighted by Crippen LogP contribution is 2.30. The molecule has 0 saturated heterocycles. The maximum atomic E-state index is 12.0. The fourth-order valence-electron chi connectivity index (χ4n) is 2.06. The van der Waals surface area contributed by atoms with E-state index in [1.807, 2.05) is 0 Å². The van der Waals surface area contributed by atoms with Crippen LogP contribution in [-0.4, -0.2) is 31.5 Å². The summed E-state index contributed by atoms with van der Waals surface area (Å²) in [5.41, 5.74) is 0.606. The predicted molar refractivity (Wildman–Crippen MR) is 79.0 cm³/mol. The van der Waals surface area contributed by atoms with E-state index in [-0.39, 0.29) is 5.91 Å². The summed E-state index contributed by atoms with van der Waals surface area (Å²) in [6, 6.07) is 5.28. The Hall–Kier alpha value is -1.42. The van der Waals surface area contributed by atoms with Crippen molar-refractivity contribution in [3.05, 3.63) is 23.8 Å². The number of amides is 1. The van der Waals surface area contributed by atoms with E-state index < -0.39 is 0 Å². The van der Waals surface area contributed by atoms with Crippen molar-refractivity contribution >= 4 is 17.5 Å². The molecule has 1 N–H and O–H groups in total. The molecule has 0 atom stereocenters. The summed E-state index contributed by atoms with van der Waals surface area (Å²) in [4.78, 5) is 12.0. The van der Waals surface area contributed by atoms with Crippen molar-refractivity contribution in [1.82, 2.24) is 5.32 Å². The van der Waals surface area contributed by atoms with Crippen LogP contribution in [0.2, 0.25) is 0 Å². The van der Waals surface area contributed by atoms with E-state index >= 15 is 0 Å². The molecule has 5 heteroatoms. The molecule has 110 valence electrons. The molecule has 0 aromatic heterocycles. The minimum Gasteiger partial charge on any atom is -0.486 e. The zero-order chi connectivity index (χ0) is 14.2. The number of hydrogen-bond acceptors (Lipinski definition) is 3. The Balaban J connectivity index is 1.77. The van der Waals surface area contributed by atoms with Gasteiger partial charge in [-0.05, 0) is 31.0 Å². The Morgan fingerprint density at radius 1 is 1.10 bits per heavy atom. The number of halogens is 1. The van der Waals surface area contributed by atoms with Crippen molar-refractivity contribution in [1.29, 1.82) is 0 Å². The highest BCUT2D eigenvalue weighted by atomic mass is 35.5. The van der Waals surface area contributed by atoms with Crippen LogP contribution >= 0.6 is 11.6 Å². The van der Waals surface area contributed by atoms with Crippen LogP contribution in [0.15, 0.2) is 18.2 Å². The lowest BCUT2D eigenvalue weighted by atomic mass is 10.1. The molecule has 0 spiro atoms. The Morgan fingerprint density at radius 3 is 2.65 bits per heavy atom. The number of fused-ring (bicyclic) bond motifs is 1. The van der Waals surface area contributed by atoms with Crippen molar-refractivity contribution in [2.75, 3.05) is 25.6 Å². The van der Waals surface area contributed by atoms with Crippen LogP contribution in [-0.2, 0) is 0 Å². The number of unbranched alkanes of at least 4 members (excludes halogenated alkanes) is 3. The third-order valence-corrected chi connectivity index (χ3v) is 3.42. The van der Waals surface area contributed by atoms with Crippen LogP contribution in [0, 0.1) is 0 Å². The molecule has 0 aliphatic carbocycles. The molecule has 0 unspecified atom stereocenters. The lowest BCUT2D eigenvalue weighted by Gasteiger charge is -2.18. The highest BCUT2D eigenvalue weighted by molar-refractivity contribution is 6.17. The molecule has 4 nitrogen and oxygen atoms in total. The first-order chi connectivity index (χ1) is 9.81. The van der Waals surface area contributed by atoms with E-state index in [1.54, 1.807) is 18.2 Å². The van der Waals surface area contributed by atoms with Crippen molar-refractivity contribution in [3.63, 3.8) is 0 Å². The van der Waals surface area contributed by atoms with Gasteiger partial charge in [-0.1, -0.05) is 12.8 Å². The van der Waals surface area contributed by atoms with Crippen LogP contribution < -0.4 is 14.8 Å². The third kappa shape index (κ3) is 4.30. The van der Waals surface area contributed by atoms with E-state index in [1.165, 1.54) is 0 Å². The van der Waals surface area contributed by atoms with Crippen LogP contribution in [0.25, 0.3) is 0 Å². The summed E-state index contributed by atoms with van der Waals surface area (Å²) in [6.07, 6.45) is 4.22. The zero-order valence-electron chi connectivity index (χ0n) is 11.5. The standard InChI is InChI=1S/C15H20ClNO3/c16-7-3-1-2-4-8-17-15(18)12-5-6-13-14(11-12)20-10-9-19-13/h5-6,11H,1-4,7-10H2,(H,17,18). The monoisotopic (exact) mass is 297 g/mol. The van der Waals surface area contributed by atoms with Crippen molar-refractivity contribution < 1.29 is 14.3 Å². The van der Waals surface area contributed by atoms with Crippen molar-refractivity contribution in [3.8, 4) is 11.5 Å². The number of nitrogens with one attached hydrogen (secondary N) is 1. The normalized spacial score (nSPS) is 13.1. The number of benzene rings is 1. The zero-order valence-corrected chi connectivity index (χ0v) is 12.2. The fourth-order valence-corrected chi connectivity index (χ4v) is 2.25. The molecule has 1 aromatic rings. The summed E-state index contributed by atoms with van der Waals surface area (Å²) in [6.45, 7) is 1.77. The van der Waals surface area contributed by atoms with Crippen LogP contribution in [0.4, 0.5) is 0 Å². The van der Waals surface area contributed by atoms with Gasteiger partial charge in [-0.2, -0.15) is 0 Å². The fraction of sp³-hybridized carbons (Fsp3) is 0.533. The van der Waals surface area contributed by atoms with E-state index in [0.29, 0.717) is 42.7 Å². The molecule has 1 aromatic carbocycles. The van der Waals surface area contributed by atoms with Crippen molar-refractivity contribution in [2.45, 2.75) is 25.7 Å². The smallest absolute Gasteiger partial charge is 0.251 e. The largest absolute Gasteiger partial charge is 0.486 e. The first-order valence-electron chi connectivity index (χ1n) is 7.05. The summed E-state index contributed by atoms with van der Waals surface area (Å²) >= 11 is 5.61. The molecule has 2 rings (SSSR count). The van der Waals surface area contributed by atoms with Crippen LogP contribution in [0.5, 0.6) is 11.5 Å². The maximum absolute atomic E-state index is 12.0. The Bertz CT molecular complexity index is 451. The highest BCUT2D eigenvalue weighted by Gasteiger charge is 2.14. The van der Waals surface area contributed by atoms with Crippen molar-refractivity contribution in [2.24, 2.45) is 0 Å². The van der Waals surface area contributed by atoms with Crippen LogP contribution in [0.3, 0.4) is 0 Å². The molecule has 1 aliphatic rings. The van der Waals surface area contributed by atoms with Crippen LogP contribution in [0.1, 0.15) is 36.0 Å². The number of carbonyl (C=O) groups excluding carboxylic acids is 1. The van der Waals surface area contributed by atoms with Gasteiger partial charge in [0.15, 0.2) is 11.5 Å². The molecular weight excluding hydrogens is 278 g/mol. The number of rotatable bonds is 7. The number of carbonyl (C=O) groups is 1. The second-order valence-corrected chi connectivity index (χ2v) is 5.10. The molecule has 1 aliphatic heterocycles. The molecule has 0 saturated carbocycles. The lowest BCUT2D eigenvalue weighted by Crippen LogP contribution is -2.25. The quantitative estimate of drug-likeness (QED) is 0.622. The SMILES string of the molecule is O=C(NCCCCCCCl)c1ccc2c(c1)OCCO2. The number of hydrogen-bond donors (Lipinski definition) is 1. The van der Waals surface area contributed by atoms with E-state index in [0.717, 1.165) is 25.7 Å². The van der Waals surface area contributed by atoms with Gasteiger partial charge in [0, 0.05) is 18.0 Å². The molecule has 0 radical (unpaired) electrons. The summed E-state index contributed by atoms with van der Waals surface area (Å²) in [5.74, 6) is 1.99. The second-order valence-electron chi connectivity index (χ2n) is 4.72. The molecule has 20 heavy (non-hydrogen) atoms. The molecule has 1 heterocycles. The summed E-state index contributed by atoms with van der Waals surface area (Å²) < 4.78 is 10.9. The molecule has 0 fully saturated rings. The predicted octanol–water partition coefficient (Wildman–Crippen LogP) is 2.99. The number of ether oxygens (including phenoxy) is 2. The van der Waals surface area contributed by atoms with Gasteiger partial charge in [0.1, 0.15) is 13.2 Å². The Labute approximate surface area is 124 Å². The number of alkyl halides is 1. The van der Waals surface area contributed by atoms with Gasteiger partial charge in [-0.15, -0.1) is 11.6 Å². The Morgan fingerprint density at radius 2 is 1.85 bits per heavy atom. The maximum Gasteiger partial charge on any atom is 0.251 e. The van der Waals surface area contributed by atoms with Gasteiger partial charge in [0.2, 0.25) is 0 Å². The van der Waals surface area contributed by atoms with E-state index in [9.17, 15) is 4.79 Å². The summed E-state index contributed by atoms with van der Waals surface area (Å²) in [5, 5.41) is 2.91. The first-order valence-corrected chi connectivity index (χ1v) is 7.58. The molecule has 1 amide bonds. The first kappa shape index (κ1) is 15.0.